The third-order valence-electron chi connectivity index (χ3n) is 3.08. The molecular formula is C16H20FN3O2. The van der Waals surface area contributed by atoms with Gasteiger partial charge in [-0.3, -0.25) is 4.68 Å². The number of esters is 1. The van der Waals surface area contributed by atoms with Crippen LogP contribution in [0.1, 0.15) is 31.1 Å². The Hall–Kier alpha value is -2.37. The van der Waals surface area contributed by atoms with Gasteiger partial charge in [0.2, 0.25) is 0 Å². The number of anilines is 1. The van der Waals surface area contributed by atoms with Crippen LogP contribution in [0, 0.1) is 11.7 Å². The summed E-state index contributed by atoms with van der Waals surface area (Å²) in [5.41, 5.74) is 6.63. The molecule has 6 heteroatoms. The molecule has 0 radical (unpaired) electrons. The lowest BCUT2D eigenvalue weighted by Gasteiger charge is -2.10. The minimum atomic E-state index is -0.597. The maximum atomic E-state index is 14.3. The summed E-state index contributed by atoms with van der Waals surface area (Å²) in [4.78, 5) is 12.1. The van der Waals surface area contributed by atoms with Gasteiger partial charge >= 0.3 is 5.97 Å². The highest BCUT2D eigenvalue weighted by molar-refractivity contribution is 5.98. The first kappa shape index (κ1) is 16.0. The molecule has 0 saturated carbocycles. The number of nitrogen functional groups attached to an aromatic ring is 1. The molecule has 0 bridgehead atoms. The predicted octanol–water partition coefficient (Wildman–Crippen LogP) is 3.10. The van der Waals surface area contributed by atoms with Crippen LogP contribution in [-0.2, 0) is 11.3 Å². The van der Waals surface area contributed by atoms with Gasteiger partial charge < -0.3 is 10.5 Å². The molecule has 0 amide bonds. The van der Waals surface area contributed by atoms with Crippen molar-refractivity contribution in [3.8, 4) is 11.1 Å². The fourth-order valence-electron chi connectivity index (χ4n) is 2.26. The zero-order valence-electron chi connectivity index (χ0n) is 13.0. The zero-order valence-corrected chi connectivity index (χ0v) is 13.0. The van der Waals surface area contributed by atoms with Crippen molar-refractivity contribution < 1.29 is 13.9 Å². The Labute approximate surface area is 128 Å². The van der Waals surface area contributed by atoms with Crippen LogP contribution in [0.25, 0.3) is 11.1 Å². The van der Waals surface area contributed by atoms with Crippen molar-refractivity contribution in [3.05, 3.63) is 35.9 Å². The number of nitrogens with zero attached hydrogens (tertiary/aromatic N) is 2. The summed E-state index contributed by atoms with van der Waals surface area (Å²) < 4.78 is 21.1. The van der Waals surface area contributed by atoms with Gasteiger partial charge in [-0.1, -0.05) is 13.8 Å². The summed E-state index contributed by atoms with van der Waals surface area (Å²) in [6, 6.07) is 2.62. The number of benzene rings is 1. The molecule has 118 valence electrons. The monoisotopic (exact) mass is 305 g/mol. The molecule has 1 aromatic carbocycles. The van der Waals surface area contributed by atoms with Crippen molar-refractivity contribution in [2.75, 3.05) is 12.3 Å². The van der Waals surface area contributed by atoms with Crippen LogP contribution in [0.4, 0.5) is 10.1 Å². The maximum Gasteiger partial charge on any atom is 0.338 e. The second-order valence-electron chi connectivity index (χ2n) is 5.49. The van der Waals surface area contributed by atoms with E-state index in [4.69, 9.17) is 10.5 Å². The smallest absolute Gasteiger partial charge is 0.338 e. The Morgan fingerprint density at radius 1 is 1.45 bits per heavy atom. The number of hydrogen-bond donors (Lipinski definition) is 1. The summed E-state index contributed by atoms with van der Waals surface area (Å²) in [7, 11) is 0. The van der Waals surface area contributed by atoms with E-state index < -0.39 is 11.8 Å². The van der Waals surface area contributed by atoms with Crippen molar-refractivity contribution >= 4 is 11.7 Å². The van der Waals surface area contributed by atoms with E-state index >= 15 is 0 Å². The molecule has 22 heavy (non-hydrogen) atoms. The van der Waals surface area contributed by atoms with Crippen LogP contribution in [0.5, 0.6) is 0 Å². The third-order valence-corrected chi connectivity index (χ3v) is 3.08. The molecule has 0 aliphatic carbocycles. The highest BCUT2D eigenvalue weighted by Crippen LogP contribution is 2.29. The second kappa shape index (κ2) is 6.60. The SMILES string of the molecule is CCOC(=O)c1cc(N)cc(F)c1-c1cnn(CC(C)C)c1. The van der Waals surface area contributed by atoms with Crippen LogP contribution in [-0.4, -0.2) is 22.4 Å². The minimum Gasteiger partial charge on any atom is -0.462 e. The molecule has 0 spiro atoms. The predicted molar refractivity (Wildman–Crippen MR) is 82.8 cm³/mol. The Bertz CT molecular complexity index is 680. The third kappa shape index (κ3) is 3.44. The Balaban J connectivity index is 2.49. The molecule has 0 atom stereocenters. The maximum absolute atomic E-state index is 14.3. The van der Waals surface area contributed by atoms with E-state index in [1.807, 2.05) is 0 Å². The van der Waals surface area contributed by atoms with E-state index in [9.17, 15) is 9.18 Å². The van der Waals surface area contributed by atoms with Gasteiger partial charge in [0.15, 0.2) is 0 Å². The number of halogens is 1. The first-order chi connectivity index (χ1) is 10.4. The van der Waals surface area contributed by atoms with Crippen LogP contribution in [0.2, 0.25) is 0 Å². The van der Waals surface area contributed by atoms with Gasteiger partial charge in [0.05, 0.1) is 18.4 Å². The summed E-state index contributed by atoms with van der Waals surface area (Å²) in [6.45, 7) is 6.75. The molecule has 5 nitrogen and oxygen atoms in total. The lowest BCUT2D eigenvalue weighted by Crippen LogP contribution is -2.09. The first-order valence-corrected chi connectivity index (χ1v) is 7.21. The fraction of sp³-hybridized carbons (Fsp3) is 0.375. The zero-order chi connectivity index (χ0) is 16.3. The van der Waals surface area contributed by atoms with Crippen LogP contribution in [0.15, 0.2) is 24.5 Å². The summed E-state index contributed by atoms with van der Waals surface area (Å²) in [5, 5.41) is 4.21. The second-order valence-corrected chi connectivity index (χ2v) is 5.49. The number of rotatable bonds is 5. The number of carbonyl (C=O) groups is 1. The van der Waals surface area contributed by atoms with Crippen LogP contribution < -0.4 is 5.73 Å². The summed E-state index contributed by atoms with van der Waals surface area (Å²) in [5.74, 6) is -0.749. The lowest BCUT2D eigenvalue weighted by atomic mass is 10.0. The number of ether oxygens (including phenoxy) is 1. The Morgan fingerprint density at radius 3 is 2.82 bits per heavy atom. The highest BCUT2D eigenvalue weighted by Gasteiger charge is 2.20. The summed E-state index contributed by atoms with van der Waals surface area (Å²) >= 11 is 0. The van der Waals surface area contributed by atoms with Crippen molar-refractivity contribution in [1.82, 2.24) is 9.78 Å². The molecule has 1 aromatic heterocycles. The largest absolute Gasteiger partial charge is 0.462 e. The van der Waals surface area contributed by atoms with Crippen molar-refractivity contribution in [2.45, 2.75) is 27.3 Å². The molecular weight excluding hydrogens is 285 g/mol. The Morgan fingerprint density at radius 2 is 2.18 bits per heavy atom. The van der Waals surface area contributed by atoms with Gasteiger partial charge in [-0.05, 0) is 25.0 Å². The number of hydrogen-bond acceptors (Lipinski definition) is 4. The topological polar surface area (TPSA) is 70.1 Å². The normalized spacial score (nSPS) is 11.0. The first-order valence-electron chi connectivity index (χ1n) is 7.21. The molecule has 0 saturated heterocycles. The summed E-state index contributed by atoms with van der Waals surface area (Å²) in [6.07, 6.45) is 3.26. The van der Waals surface area contributed by atoms with E-state index in [0.717, 1.165) is 0 Å². The van der Waals surface area contributed by atoms with E-state index in [1.165, 1.54) is 12.1 Å². The van der Waals surface area contributed by atoms with Gasteiger partial charge in [-0.25, -0.2) is 9.18 Å². The molecule has 0 unspecified atom stereocenters. The standard InChI is InChI=1S/C16H20FN3O2/c1-4-22-16(21)13-5-12(18)6-14(17)15(13)11-7-19-20(9-11)8-10(2)3/h5-7,9-10H,4,8,18H2,1-3H3. The molecule has 2 N–H and O–H groups in total. The van der Waals surface area contributed by atoms with E-state index in [1.54, 1.807) is 24.0 Å². The van der Waals surface area contributed by atoms with Gasteiger partial charge in [-0.15, -0.1) is 0 Å². The molecule has 0 fully saturated rings. The quantitative estimate of drug-likeness (QED) is 0.680. The molecule has 2 rings (SSSR count). The van der Waals surface area contributed by atoms with Crippen molar-refractivity contribution in [2.24, 2.45) is 5.92 Å². The van der Waals surface area contributed by atoms with Crippen LogP contribution >= 0.6 is 0 Å². The van der Waals surface area contributed by atoms with Crippen molar-refractivity contribution in [3.63, 3.8) is 0 Å². The van der Waals surface area contributed by atoms with Gasteiger partial charge in [-0.2, -0.15) is 5.10 Å². The lowest BCUT2D eigenvalue weighted by molar-refractivity contribution is 0.0527. The van der Waals surface area contributed by atoms with Gasteiger partial charge in [0, 0.05) is 29.6 Å². The minimum absolute atomic E-state index is 0.114. The van der Waals surface area contributed by atoms with E-state index in [2.05, 4.69) is 18.9 Å². The van der Waals surface area contributed by atoms with Crippen LogP contribution in [0.3, 0.4) is 0 Å². The average Bonchev–Trinajstić information content (AvgIpc) is 2.85. The fourth-order valence-corrected chi connectivity index (χ4v) is 2.26. The number of aromatic nitrogens is 2. The Kier molecular flexibility index (Phi) is 4.80. The highest BCUT2D eigenvalue weighted by atomic mass is 19.1. The molecule has 0 aliphatic heterocycles. The van der Waals surface area contributed by atoms with Crippen molar-refractivity contribution in [1.29, 1.82) is 0 Å². The van der Waals surface area contributed by atoms with Gasteiger partial charge in [0.25, 0.3) is 0 Å². The molecule has 1 heterocycles. The van der Waals surface area contributed by atoms with E-state index in [-0.39, 0.29) is 23.4 Å². The number of nitrogens with two attached hydrogens (primary N) is 1. The van der Waals surface area contributed by atoms with E-state index in [0.29, 0.717) is 18.0 Å². The van der Waals surface area contributed by atoms with Gasteiger partial charge in [0.1, 0.15) is 5.82 Å². The number of carbonyl (C=O) groups excluding carboxylic acids is 1. The molecule has 2 aromatic rings. The molecule has 0 aliphatic rings. The average molecular weight is 305 g/mol.